The van der Waals surface area contributed by atoms with E-state index in [1.54, 1.807) is 7.11 Å². The monoisotopic (exact) mass is 341 g/mol. The van der Waals surface area contributed by atoms with E-state index in [1.165, 1.54) is 17.8 Å². The Bertz CT molecular complexity index is 671. The van der Waals surface area contributed by atoms with Crippen LogP contribution in [0.4, 0.5) is 10.1 Å². The molecule has 0 aliphatic carbocycles. The first-order chi connectivity index (χ1) is 11.0. The zero-order valence-electron chi connectivity index (χ0n) is 12.4. The average Bonchev–Trinajstić information content (AvgIpc) is 2.86. The lowest BCUT2D eigenvalue weighted by atomic mass is 9.78. The molecule has 3 atom stereocenters. The molecular weight excluding hydrogens is 325 g/mol. The van der Waals surface area contributed by atoms with E-state index in [-0.39, 0.29) is 29.9 Å². The number of thioether (sulfide) groups is 1. The van der Waals surface area contributed by atoms with Crippen molar-refractivity contribution in [1.29, 1.82) is 0 Å². The fourth-order valence-electron chi connectivity index (χ4n) is 3.15. The number of ether oxygens (including phenoxy) is 2. The average molecular weight is 341 g/mol. The molecule has 2 aliphatic heterocycles. The van der Waals surface area contributed by atoms with Crippen molar-refractivity contribution in [3.8, 4) is 0 Å². The number of methoxy groups -OCH3 is 1. The van der Waals surface area contributed by atoms with Gasteiger partial charge in [0, 0.05) is 36.5 Å². The van der Waals surface area contributed by atoms with E-state index in [0.717, 1.165) is 12.1 Å². The number of nitrogens with two attached hydrogens (primary N) is 1. The summed E-state index contributed by atoms with van der Waals surface area (Å²) in [5, 5.41) is 11.4. The molecule has 1 aromatic rings. The Morgan fingerprint density at radius 1 is 1.65 bits per heavy atom. The second kappa shape index (κ2) is 6.06. The van der Waals surface area contributed by atoms with Crippen LogP contribution in [0.2, 0.25) is 0 Å². The van der Waals surface area contributed by atoms with Crippen LogP contribution in [0.5, 0.6) is 0 Å². The number of non-ortho nitro benzene ring substituents is 1. The van der Waals surface area contributed by atoms with Crippen molar-refractivity contribution in [2.45, 2.75) is 11.6 Å². The van der Waals surface area contributed by atoms with Gasteiger partial charge in [0.15, 0.2) is 5.17 Å². The van der Waals surface area contributed by atoms with Crippen LogP contribution in [-0.2, 0) is 15.0 Å². The van der Waals surface area contributed by atoms with Crippen LogP contribution < -0.4 is 5.73 Å². The lowest BCUT2D eigenvalue weighted by Gasteiger charge is -2.35. The molecule has 0 amide bonds. The molecule has 1 saturated heterocycles. The quantitative estimate of drug-likeness (QED) is 0.660. The third-order valence-electron chi connectivity index (χ3n) is 4.26. The largest absolute Gasteiger partial charge is 0.382 e. The number of benzene rings is 1. The van der Waals surface area contributed by atoms with Gasteiger partial charge in [0.1, 0.15) is 11.4 Å². The van der Waals surface area contributed by atoms with Gasteiger partial charge in [-0.05, 0) is 6.07 Å². The van der Waals surface area contributed by atoms with Crippen LogP contribution in [-0.4, -0.2) is 42.3 Å². The normalized spacial score (nSPS) is 29.9. The highest BCUT2D eigenvalue weighted by Crippen LogP contribution is 2.48. The minimum absolute atomic E-state index is 0.116. The number of aliphatic imine (C=N–C) groups is 1. The third kappa shape index (κ3) is 2.68. The highest BCUT2D eigenvalue weighted by Gasteiger charge is 2.54. The summed E-state index contributed by atoms with van der Waals surface area (Å²) in [7, 11) is 1.56. The first kappa shape index (κ1) is 16.2. The number of hydrogen-bond donors (Lipinski definition) is 1. The molecule has 9 heteroatoms. The van der Waals surface area contributed by atoms with Crippen LogP contribution in [0, 0.1) is 21.8 Å². The van der Waals surface area contributed by atoms with E-state index in [1.807, 2.05) is 0 Å². The molecule has 0 bridgehead atoms. The van der Waals surface area contributed by atoms with E-state index in [0.29, 0.717) is 17.5 Å². The molecule has 124 valence electrons. The lowest BCUT2D eigenvalue weighted by Crippen LogP contribution is -2.43. The predicted octanol–water partition coefficient (Wildman–Crippen LogP) is 1.65. The number of hydrogen-bond acceptors (Lipinski definition) is 7. The zero-order valence-corrected chi connectivity index (χ0v) is 13.2. The minimum Gasteiger partial charge on any atom is -0.382 e. The molecule has 7 nitrogen and oxygen atoms in total. The Hall–Kier alpha value is -1.71. The Morgan fingerprint density at radius 2 is 2.43 bits per heavy atom. The smallest absolute Gasteiger partial charge is 0.270 e. The van der Waals surface area contributed by atoms with Crippen molar-refractivity contribution in [2.75, 3.05) is 26.1 Å². The fourth-order valence-corrected chi connectivity index (χ4v) is 4.22. The van der Waals surface area contributed by atoms with Gasteiger partial charge in [-0.25, -0.2) is 9.38 Å². The standard InChI is InChI=1S/C14H16FN3O4S/c1-21-5-12-10-6-23-13(16)17-14(10,7-22-12)9-4-8(18(19)20)2-3-11(9)15/h2-4,10,12H,5-7H2,1H3,(H2,16,17)/t10?,12-,14-/m1/s1. The molecule has 0 aromatic heterocycles. The van der Waals surface area contributed by atoms with Crippen LogP contribution in [0.1, 0.15) is 5.56 Å². The summed E-state index contributed by atoms with van der Waals surface area (Å²) in [5.74, 6) is -0.132. The summed E-state index contributed by atoms with van der Waals surface area (Å²) in [6.45, 7) is 0.462. The second-order valence-electron chi connectivity index (χ2n) is 5.52. The number of nitro benzene ring substituents is 1. The Balaban J connectivity index is 2.12. The Morgan fingerprint density at radius 3 is 3.13 bits per heavy atom. The van der Waals surface area contributed by atoms with Crippen LogP contribution in [0.15, 0.2) is 23.2 Å². The van der Waals surface area contributed by atoms with E-state index >= 15 is 0 Å². The molecule has 0 radical (unpaired) electrons. The maximum Gasteiger partial charge on any atom is 0.270 e. The summed E-state index contributed by atoms with van der Waals surface area (Å²) in [5.41, 5.74) is 4.77. The second-order valence-corrected chi connectivity index (χ2v) is 6.56. The van der Waals surface area contributed by atoms with Crippen molar-refractivity contribution in [3.63, 3.8) is 0 Å². The maximum absolute atomic E-state index is 14.5. The first-order valence-electron chi connectivity index (χ1n) is 7.01. The van der Waals surface area contributed by atoms with Gasteiger partial charge in [0.2, 0.25) is 0 Å². The molecule has 23 heavy (non-hydrogen) atoms. The molecule has 1 aromatic carbocycles. The van der Waals surface area contributed by atoms with Crippen LogP contribution in [0.3, 0.4) is 0 Å². The van der Waals surface area contributed by atoms with Gasteiger partial charge in [0.05, 0.1) is 24.2 Å². The first-order valence-corrected chi connectivity index (χ1v) is 7.99. The maximum atomic E-state index is 14.5. The predicted molar refractivity (Wildman–Crippen MR) is 83.9 cm³/mol. The minimum atomic E-state index is -1.05. The summed E-state index contributed by atoms with van der Waals surface area (Å²) in [6.07, 6.45) is -0.261. The molecular formula is C14H16FN3O4S. The van der Waals surface area contributed by atoms with Crippen molar-refractivity contribution >= 4 is 22.6 Å². The fraction of sp³-hybridized carbons (Fsp3) is 0.500. The molecule has 2 N–H and O–H groups in total. The topological polar surface area (TPSA) is 100.0 Å². The molecule has 1 fully saturated rings. The summed E-state index contributed by atoms with van der Waals surface area (Å²) >= 11 is 1.37. The molecule has 3 rings (SSSR count). The molecule has 0 spiro atoms. The van der Waals surface area contributed by atoms with E-state index in [2.05, 4.69) is 4.99 Å². The van der Waals surface area contributed by atoms with Gasteiger partial charge in [0.25, 0.3) is 5.69 Å². The van der Waals surface area contributed by atoms with Gasteiger partial charge in [-0.3, -0.25) is 10.1 Å². The molecule has 2 aliphatic rings. The number of halogens is 1. The number of fused-ring (bicyclic) bond motifs is 1. The molecule has 1 unspecified atom stereocenters. The summed E-state index contributed by atoms with van der Waals surface area (Å²) in [6, 6.07) is 3.46. The van der Waals surface area contributed by atoms with Crippen molar-refractivity contribution < 1.29 is 18.8 Å². The van der Waals surface area contributed by atoms with Crippen molar-refractivity contribution in [1.82, 2.24) is 0 Å². The summed E-state index contributed by atoms with van der Waals surface area (Å²) < 4.78 is 25.4. The Labute approximate surface area is 136 Å². The van der Waals surface area contributed by atoms with E-state index in [9.17, 15) is 14.5 Å². The SMILES string of the molecule is COC[C@H]1OC[C@]2(c3cc([N+](=O)[O-])ccc3F)N=C(N)SCC12. The Kier molecular flexibility index (Phi) is 4.26. The number of rotatable bonds is 4. The van der Waals surface area contributed by atoms with E-state index < -0.39 is 16.3 Å². The third-order valence-corrected chi connectivity index (χ3v) is 5.17. The lowest BCUT2D eigenvalue weighted by molar-refractivity contribution is -0.385. The number of nitrogens with zero attached hydrogens (tertiary/aromatic N) is 2. The van der Waals surface area contributed by atoms with Crippen LogP contribution in [0.25, 0.3) is 0 Å². The van der Waals surface area contributed by atoms with Crippen LogP contribution >= 0.6 is 11.8 Å². The van der Waals surface area contributed by atoms with Gasteiger partial charge >= 0.3 is 0 Å². The highest BCUT2D eigenvalue weighted by atomic mass is 32.2. The summed E-state index contributed by atoms with van der Waals surface area (Å²) in [4.78, 5) is 14.9. The van der Waals surface area contributed by atoms with Crippen molar-refractivity contribution in [3.05, 3.63) is 39.7 Å². The number of amidine groups is 1. The number of nitro groups is 1. The molecule has 0 saturated carbocycles. The molecule has 2 heterocycles. The van der Waals surface area contributed by atoms with Gasteiger partial charge in [-0.1, -0.05) is 11.8 Å². The highest BCUT2D eigenvalue weighted by molar-refractivity contribution is 8.13. The zero-order chi connectivity index (χ0) is 16.6. The van der Waals surface area contributed by atoms with Crippen molar-refractivity contribution in [2.24, 2.45) is 16.6 Å². The van der Waals surface area contributed by atoms with Gasteiger partial charge in [-0.2, -0.15) is 0 Å². The van der Waals surface area contributed by atoms with Gasteiger partial charge < -0.3 is 15.2 Å². The van der Waals surface area contributed by atoms with E-state index in [4.69, 9.17) is 15.2 Å². The van der Waals surface area contributed by atoms with Gasteiger partial charge in [-0.15, -0.1) is 0 Å².